The molecule has 2 N–H and O–H groups in total. The van der Waals surface area contributed by atoms with Gasteiger partial charge in [0.2, 0.25) is 5.91 Å². The van der Waals surface area contributed by atoms with Crippen molar-refractivity contribution in [1.29, 1.82) is 0 Å². The molecule has 1 aromatic heterocycles. The molecule has 2 unspecified atom stereocenters. The van der Waals surface area contributed by atoms with E-state index in [0.29, 0.717) is 0 Å². The maximum Gasteiger partial charge on any atom is 0.240 e. The first kappa shape index (κ1) is 22.3. The number of H-pyrrole nitrogens is 1. The maximum absolute atomic E-state index is 13.1. The van der Waals surface area contributed by atoms with Gasteiger partial charge >= 0.3 is 0 Å². The molecule has 0 spiro atoms. The Kier molecular flexibility index (Phi) is 6.84. The fraction of sp³-hybridized carbons (Fsp3) is 0.500. The van der Waals surface area contributed by atoms with Crippen LogP contribution in [0, 0.1) is 17.4 Å². The van der Waals surface area contributed by atoms with Crippen molar-refractivity contribution in [3.63, 3.8) is 0 Å². The van der Waals surface area contributed by atoms with Gasteiger partial charge in [0, 0.05) is 12.1 Å². The van der Waals surface area contributed by atoms with Crippen LogP contribution in [0.5, 0.6) is 0 Å². The molecule has 1 aliphatic rings. The van der Waals surface area contributed by atoms with E-state index in [2.05, 4.69) is 84.5 Å². The van der Waals surface area contributed by atoms with E-state index >= 15 is 0 Å². The summed E-state index contributed by atoms with van der Waals surface area (Å²) in [4.78, 5) is 23.1. The number of amides is 1. The van der Waals surface area contributed by atoms with Gasteiger partial charge in [0.05, 0.1) is 24.0 Å². The van der Waals surface area contributed by atoms with Gasteiger partial charge in [0.15, 0.2) is 0 Å². The van der Waals surface area contributed by atoms with Crippen LogP contribution >= 0.6 is 0 Å². The van der Waals surface area contributed by atoms with Gasteiger partial charge in [-0.2, -0.15) is 0 Å². The number of hydrogen-bond donors (Lipinski definition) is 2. The first-order valence-corrected chi connectivity index (χ1v) is 14.4. The average molecular weight is 423 g/mol. The second kappa shape index (κ2) is 9.19. The number of benzene rings is 1. The van der Waals surface area contributed by atoms with Crippen molar-refractivity contribution in [3.05, 3.63) is 41.9 Å². The minimum Gasteiger partial charge on any atom is -0.340 e. The molecule has 2 atom stereocenters. The molecular weight excluding hydrogens is 388 g/mol. The Morgan fingerprint density at radius 2 is 1.97 bits per heavy atom. The third kappa shape index (κ3) is 5.21. The van der Waals surface area contributed by atoms with E-state index < -0.39 is 8.07 Å². The summed E-state index contributed by atoms with van der Waals surface area (Å²) in [6.07, 6.45) is 3.82. The number of nitrogens with zero attached hydrogens (tertiary/aromatic N) is 2. The Bertz CT molecular complexity index is 931. The summed E-state index contributed by atoms with van der Waals surface area (Å²) < 4.78 is 0. The lowest BCUT2D eigenvalue weighted by molar-refractivity contribution is -0.135. The van der Waals surface area contributed by atoms with E-state index in [9.17, 15) is 4.79 Å². The number of aromatic amines is 1. The van der Waals surface area contributed by atoms with Gasteiger partial charge in [-0.3, -0.25) is 4.79 Å². The molecule has 0 radical (unpaired) electrons. The molecule has 0 bridgehead atoms. The Morgan fingerprint density at radius 3 is 2.57 bits per heavy atom. The Balaban J connectivity index is 1.77. The first-order chi connectivity index (χ1) is 14.2. The molecule has 3 rings (SSSR count). The van der Waals surface area contributed by atoms with E-state index in [1.54, 1.807) is 0 Å². The van der Waals surface area contributed by atoms with Crippen LogP contribution in [0.3, 0.4) is 0 Å². The quantitative estimate of drug-likeness (QED) is 0.560. The molecule has 1 aliphatic heterocycles. The second-order valence-corrected chi connectivity index (χ2v) is 14.2. The normalized spacial score (nSPS) is 17.7. The summed E-state index contributed by atoms with van der Waals surface area (Å²) in [5.74, 6) is 4.58. The summed E-state index contributed by atoms with van der Waals surface area (Å²) in [5, 5.41) is 3.18. The number of aromatic nitrogens is 2. The lowest BCUT2D eigenvalue weighted by Gasteiger charge is -2.29. The minimum absolute atomic E-state index is 0.0164. The lowest BCUT2D eigenvalue weighted by atomic mass is 10.0. The van der Waals surface area contributed by atoms with Crippen molar-refractivity contribution in [2.45, 2.75) is 58.4 Å². The second-order valence-electron chi connectivity index (χ2n) is 9.46. The Hall–Kier alpha value is -2.36. The van der Waals surface area contributed by atoms with Gasteiger partial charge in [-0.15, -0.1) is 5.54 Å². The summed E-state index contributed by atoms with van der Waals surface area (Å²) in [6, 6.07) is 8.15. The Labute approximate surface area is 181 Å². The molecule has 2 aromatic rings. The molecule has 0 aliphatic carbocycles. The van der Waals surface area contributed by atoms with Crippen molar-refractivity contribution in [1.82, 2.24) is 20.2 Å². The van der Waals surface area contributed by atoms with E-state index in [1.807, 2.05) is 18.1 Å². The smallest absolute Gasteiger partial charge is 0.240 e. The molecule has 1 amide bonds. The third-order valence-electron chi connectivity index (χ3n) is 5.47. The number of imidazole rings is 1. The van der Waals surface area contributed by atoms with Crippen LogP contribution in [-0.2, 0) is 4.79 Å². The van der Waals surface area contributed by atoms with Crippen LogP contribution in [0.25, 0.3) is 11.3 Å². The number of likely N-dealkylation sites (tertiary alicyclic amines) is 1. The van der Waals surface area contributed by atoms with Gasteiger partial charge in [-0.25, -0.2) is 4.98 Å². The van der Waals surface area contributed by atoms with Gasteiger partial charge in [-0.1, -0.05) is 51.5 Å². The van der Waals surface area contributed by atoms with Gasteiger partial charge in [0.25, 0.3) is 0 Å². The fourth-order valence-corrected chi connectivity index (χ4v) is 4.40. The molecular formula is C24H34N4OSi. The molecule has 30 heavy (non-hydrogen) atoms. The molecule has 6 heteroatoms. The van der Waals surface area contributed by atoms with Crippen LogP contribution < -0.4 is 5.32 Å². The van der Waals surface area contributed by atoms with Gasteiger partial charge in [0.1, 0.15) is 13.9 Å². The monoisotopic (exact) mass is 422 g/mol. The minimum atomic E-state index is -1.38. The number of likely N-dealkylation sites (N-methyl/N-ethyl adjacent to an activating group) is 1. The van der Waals surface area contributed by atoms with Gasteiger partial charge in [-0.05, 0) is 43.5 Å². The molecule has 2 heterocycles. The summed E-state index contributed by atoms with van der Waals surface area (Å²) in [7, 11) is 0.480. The Morgan fingerprint density at radius 1 is 1.27 bits per heavy atom. The average Bonchev–Trinajstić information content (AvgIpc) is 3.35. The predicted octanol–water partition coefficient (Wildman–Crippen LogP) is 4.21. The highest BCUT2D eigenvalue weighted by Crippen LogP contribution is 2.32. The lowest BCUT2D eigenvalue weighted by Crippen LogP contribution is -2.47. The van der Waals surface area contributed by atoms with E-state index in [4.69, 9.17) is 0 Å². The van der Waals surface area contributed by atoms with Crippen LogP contribution in [0.1, 0.15) is 44.1 Å². The number of rotatable bonds is 5. The summed E-state index contributed by atoms with van der Waals surface area (Å²) >= 11 is 0. The molecule has 5 nitrogen and oxygen atoms in total. The maximum atomic E-state index is 13.1. The highest BCUT2D eigenvalue weighted by Gasteiger charge is 2.36. The van der Waals surface area contributed by atoms with Crippen LogP contribution in [0.2, 0.25) is 19.6 Å². The van der Waals surface area contributed by atoms with Crippen LogP contribution in [-0.4, -0.2) is 48.5 Å². The molecule has 1 fully saturated rings. The van der Waals surface area contributed by atoms with Crippen molar-refractivity contribution in [3.8, 4) is 22.7 Å². The zero-order valence-electron chi connectivity index (χ0n) is 19.0. The fourth-order valence-electron chi connectivity index (χ4n) is 3.88. The standard InChI is InChI=1S/C24H34N4OSi/c1-17(2)22(25-3)24(29)28-14-7-8-21(28)23-26-16-20(27-23)19-11-9-18(10-12-19)13-15-30(4,5)6/h9-12,16-17,21-22,25H,7-8,14H2,1-6H3,(H,26,27). The molecule has 0 saturated carbocycles. The number of nitrogens with one attached hydrogen (secondary N) is 2. The van der Waals surface area contributed by atoms with Crippen molar-refractivity contribution >= 4 is 14.0 Å². The first-order valence-electron chi connectivity index (χ1n) is 10.9. The van der Waals surface area contributed by atoms with Gasteiger partial charge < -0.3 is 15.2 Å². The number of carbonyl (C=O) groups is 1. The SMILES string of the molecule is CNC(C(=O)N1CCCC1c1ncc(-c2ccc(C#C[Si](C)(C)C)cc2)[nH]1)C(C)C. The van der Waals surface area contributed by atoms with E-state index in [0.717, 1.165) is 42.0 Å². The number of carbonyl (C=O) groups excluding carboxylic acids is 1. The zero-order chi connectivity index (χ0) is 21.9. The molecule has 160 valence electrons. The van der Waals surface area contributed by atoms with Crippen LogP contribution in [0.15, 0.2) is 30.5 Å². The van der Waals surface area contributed by atoms with Crippen molar-refractivity contribution < 1.29 is 4.79 Å². The summed E-state index contributed by atoms with van der Waals surface area (Å²) in [6.45, 7) is 11.7. The van der Waals surface area contributed by atoms with E-state index in [-0.39, 0.29) is 23.9 Å². The zero-order valence-corrected chi connectivity index (χ0v) is 20.0. The summed E-state index contributed by atoms with van der Waals surface area (Å²) in [5.41, 5.74) is 6.50. The molecule has 1 aromatic carbocycles. The molecule has 1 saturated heterocycles. The van der Waals surface area contributed by atoms with Crippen LogP contribution in [0.4, 0.5) is 0 Å². The number of hydrogen-bond acceptors (Lipinski definition) is 3. The third-order valence-corrected chi connectivity index (χ3v) is 6.34. The van der Waals surface area contributed by atoms with Crippen molar-refractivity contribution in [2.24, 2.45) is 5.92 Å². The van der Waals surface area contributed by atoms with Crippen molar-refractivity contribution in [2.75, 3.05) is 13.6 Å². The predicted molar refractivity (Wildman–Crippen MR) is 126 cm³/mol. The largest absolute Gasteiger partial charge is 0.340 e. The van der Waals surface area contributed by atoms with E-state index in [1.165, 1.54) is 0 Å². The topological polar surface area (TPSA) is 61.0 Å². The highest BCUT2D eigenvalue weighted by molar-refractivity contribution is 6.83. The highest BCUT2D eigenvalue weighted by atomic mass is 28.3.